The van der Waals surface area contributed by atoms with E-state index in [9.17, 15) is 4.79 Å². The lowest BCUT2D eigenvalue weighted by Crippen LogP contribution is -2.23. The van der Waals surface area contributed by atoms with Crippen molar-refractivity contribution >= 4 is 5.91 Å². The largest absolute Gasteiger partial charge is 0.370 e. The van der Waals surface area contributed by atoms with Gasteiger partial charge in [0.15, 0.2) is 0 Å². The van der Waals surface area contributed by atoms with Gasteiger partial charge in [0.2, 0.25) is 5.91 Å². The molecule has 0 saturated carbocycles. The van der Waals surface area contributed by atoms with Crippen molar-refractivity contribution < 1.29 is 4.79 Å². The van der Waals surface area contributed by atoms with Crippen LogP contribution in [0, 0.1) is 0 Å². The molecule has 1 aromatic carbocycles. The monoisotopic (exact) mass is 190 g/mol. The number of nitrogens with zero attached hydrogens (tertiary/aromatic N) is 1. The fourth-order valence-electron chi connectivity index (χ4n) is 1.83. The molecule has 0 bridgehead atoms. The lowest BCUT2D eigenvalue weighted by Gasteiger charge is -2.12. The molecule has 1 aliphatic heterocycles. The molecule has 0 unspecified atom stereocenters. The van der Waals surface area contributed by atoms with Crippen LogP contribution in [0.15, 0.2) is 24.3 Å². The Kier molecular flexibility index (Phi) is 2.50. The van der Waals surface area contributed by atoms with Crippen LogP contribution in [0.5, 0.6) is 0 Å². The highest BCUT2D eigenvalue weighted by molar-refractivity contribution is 5.73. The summed E-state index contributed by atoms with van der Waals surface area (Å²) in [5.74, 6) is -0.221. The molecule has 0 saturated heterocycles. The molecule has 1 amide bonds. The zero-order valence-electron chi connectivity index (χ0n) is 8.07. The first-order valence-corrected chi connectivity index (χ1v) is 4.83. The van der Waals surface area contributed by atoms with Crippen molar-refractivity contribution in [1.29, 1.82) is 0 Å². The van der Waals surface area contributed by atoms with Crippen LogP contribution in [0.4, 0.5) is 0 Å². The zero-order chi connectivity index (χ0) is 9.97. The van der Waals surface area contributed by atoms with Gasteiger partial charge in [-0.05, 0) is 11.1 Å². The summed E-state index contributed by atoms with van der Waals surface area (Å²) in [6.45, 7) is 2.66. The summed E-state index contributed by atoms with van der Waals surface area (Å²) in [6.07, 6.45) is 0.452. The van der Waals surface area contributed by atoms with E-state index in [-0.39, 0.29) is 5.91 Å². The van der Waals surface area contributed by atoms with E-state index in [4.69, 9.17) is 5.73 Å². The summed E-state index contributed by atoms with van der Waals surface area (Å²) < 4.78 is 0. The molecular weight excluding hydrogens is 176 g/mol. The second-order valence-corrected chi connectivity index (χ2v) is 3.70. The van der Waals surface area contributed by atoms with Gasteiger partial charge in [-0.25, -0.2) is 0 Å². The van der Waals surface area contributed by atoms with E-state index in [0.29, 0.717) is 6.42 Å². The zero-order valence-corrected chi connectivity index (χ0v) is 8.07. The Hall–Kier alpha value is -1.35. The van der Waals surface area contributed by atoms with E-state index in [0.717, 1.165) is 19.6 Å². The number of carbonyl (C=O) groups excluding carboxylic acids is 1. The Balaban J connectivity index is 1.95. The average molecular weight is 190 g/mol. The van der Waals surface area contributed by atoms with Gasteiger partial charge >= 0.3 is 0 Å². The van der Waals surface area contributed by atoms with Crippen LogP contribution >= 0.6 is 0 Å². The number of hydrogen-bond donors (Lipinski definition) is 1. The first kappa shape index (κ1) is 9.21. The third-order valence-corrected chi connectivity index (χ3v) is 2.58. The SMILES string of the molecule is NC(=O)CCN1Cc2ccccc2C1. The van der Waals surface area contributed by atoms with E-state index in [1.165, 1.54) is 11.1 Å². The molecule has 1 aromatic rings. The molecule has 1 heterocycles. The standard InChI is InChI=1S/C11H14N2O/c12-11(14)5-6-13-7-9-3-1-2-4-10(9)8-13/h1-4H,5-8H2,(H2,12,14). The summed E-state index contributed by atoms with van der Waals surface area (Å²) in [6, 6.07) is 8.38. The predicted octanol–water partition coefficient (Wildman–Crippen LogP) is 0.878. The van der Waals surface area contributed by atoms with Gasteiger partial charge in [-0.15, -0.1) is 0 Å². The van der Waals surface area contributed by atoms with Gasteiger partial charge < -0.3 is 5.73 Å². The lowest BCUT2D eigenvalue weighted by atomic mass is 10.1. The molecule has 1 aliphatic rings. The molecule has 0 aliphatic carbocycles. The maximum atomic E-state index is 10.6. The summed E-state index contributed by atoms with van der Waals surface area (Å²) in [5, 5.41) is 0. The molecule has 74 valence electrons. The van der Waals surface area contributed by atoms with Crippen molar-refractivity contribution in [2.24, 2.45) is 5.73 Å². The molecule has 3 heteroatoms. The van der Waals surface area contributed by atoms with Crippen molar-refractivity contribution in [2.75, 3.05) is 6.54 Å². The Morgan fingerprint density at radius 1 is 1.29 bits per heavy atom. The molecule has 0 radical (unpaired) electrons. The Bertz CT molecular complexity index is 324. The van der Waals surface area contributed by atoms with Gasteiger partial charge in [-0.3, -0.25) is 9.69 Å². The van der Waals surface area contributed by atoms with Gasteiger partial charge in [0, 0.05) is 26.1 Å². The second kappa shape index (κ2) is 3.80. The van der Waals surface area contributed by atoms with E-state index in [2.05, 4.69) is 29.2 Å². The minimum atomic E-state index is -0.221. The van der Waals surface area contributed by atoms with Crippen LogP contribution < -0.4 is 5.73 Å². The third kappa shape index (κ3) is 1.93. The molecule has 0 spiro atoms. The van der Waals surface area contributed by atoms with Crippen LogP contribution in [0.1, 0.15) is 17.5 Å². The summed E-state index contributed by atoms with van der Waals surface area (Å²) in [7, 11) is 0. The minimum absolute atomic E-state index is 0.221. The number of benzene rings is 1. The first-order chi connectivity index (χ1) is 6.75. The quantitative estimate of drug-likeness (QED) is 0.769. The molecule has 2 N–H and O–H groups in total. The summed E-state index contributed by atoms with van der Waals surface area (Å²) in [4.78, 5) is 12.9. The minimum Gasteiger partial charge on any atom is -0.370 e. The maximum absolute atomic E-state index is 10.6. The van der Waals surface area contributed by atoms with Crippen molar-refractivity contribution in [1.82, 2.24) is 4.90 Å². The Labute approximate surface area is 83.5 Å². The van der Waals surface area contributed by atoms with Crippen LogP contribution in [-0.4, -0.2) is 17.4 Å². The van der Waals surface area contributed by atoms with Crippen LogP contribution in [0.25, 0.3) is 0 Å². The number of nitrogens with two attached hydrogens (primary N) is 1. The fourth-order valence-corrected chi connectivity index (χ4v) is 1.83. The number of fused-ring (bicyclic) bond motifs is 1. The third-order valence-electron chi connectivity index (χ3n) is 2.58. The first-order valence-electron chi connectivity index (χ1n) is 4.83. The number of carbonyl (C=O) groups is 1. The van der Waals surface area contributed by atoms with Gasteiger partial charge in [0.05, 0.1) is 0 Å². The molecule has 3 nitrogen and oxygen atoms in total. The Morgan fingerprint density at radius 2 is 1.86 bits per heavy atom. The highest BCUT2D eigenvalue weighted by atomic mass is 16.1. The van der Waals surface area contributed by atoms with Crippen molar-refractivity contribution in [3.05, 3.63) is 35.4 Å². The summed E-state index contributed by atoms with van der Waals surface area (Å²) >= 11 is 0. The molecule has 0 aromatic heterocycles. The highest BCUT2D eigenvalue weighted by Gasteiger charge is 2.17. The Morgan fingerprint density at radius 3 is 2.36 bits per heavy atom. The maximum Gasteiger partial charge on any atom is 0.218 e. The smallest absolute Gasteiger partial charge is 0.218 e. The van der Waals surface area contributed by atoms with Crippen LogP contribution in [-0.2, 0) is 17.9 Å². The van der Waals surface area contributed by atoms with E-state index in [1.54, 1.807) is 0 Å². The van der Waals surface area contributed by atoms with Crippen LogP contribution in [0.2, 0.25) is 0 Å². The van der Waals surface area contributed by atoms with Gasteiger partial charge in [0.25, 0.3) is 0 Å². The molecule has 2 rings (SSSR count). The average Bonchev–Trinajstić information content (AvgIpc) is 2.57. The van der Waals surface area contributed by atoms with E-state index < -0.39 is 0 Å². The number of rotatable bonds is 3. The van der Waals surface area contributed by atoms with Gasteiger partial charge in [-0.2, -0.15) is 0 Å². The van der Waals surface area contributed by atoms with Crippen molar-refractivity contribution in [2.45, 2.75) is 19.5 Å². The fraction of sp³-hybridized carbons (Fsp3) is 0.364. The molecule has 0 fully saturated rings. The molecule has 0 atom stereocenters. The normalized spacial score (nSPS) is 15.4. The van der Waals surface area contributed by atoms with Gasteiger partial charge in [0.1, 0.15) is 0 Å². The predicted molar refractivity (Wildman–Crippen MR) is 54.4 cm³/mol. The van der Waals surface area contributed by atoms with E-state index >= 15 is 0 Å². The van der Waals surface area contributed by atoms with E-state index in [1.807, 2.05) is 0 Å². The number of hydrogen-bond acceptors (Lipinski definition) is 2. The van der Waals surface area contributed by atoms with Crippen LogP contribution in [0.3, 0.4) is 0 Å². The van der Waals surface area contributed by atoms with Crippen molar-refractivity contribution in [3.8, 4) is 0 Å². The molecule has 14 heavy (non-hydrogen) atoms. The van der Waals surface area contributed by atoms with Crippen molar-refractivity contribution in [3.63, 3.8) is 0 Å². The summed E-state index contributed by atoms with van der Waals surface area (Å²) in [5.41, 5.74) is 7.85. The molecular formula is C11H14N2O. The topological polar surface area (TPSA) is 46.3 Å². The highest BCUT2D eigenvalue weighted by Crippen LogP contribution is 2.21. The number of primary amides is 1. The second-order valence-electron chi connectivity index (χ2n) is 3.70. The lowest BCUT2D eigenvalue weighted by molar-refractivity contribution is -0.118. The number of amides is 1. The van der Waals surface area contributed by atoms with Gasteiger partial charge in [-0.1, -0.05) is 24.3 Å².